The summed E-state index contributed by atoms with van der Waals surface area (Å²) in [7, 11) is 0. The molecule has 1 aliphatic carbocycles. The van der Waals surface area contributed by atoms with Gasteiger partial charge >= 0.3 is 0 Å². The first-order valence-corrected chi connectivity index (χ1v) is 7.58. The van der Waals surface area contributed by atoms with Gasteiger partial charge in [-0.05, 0) is 24.5 Å². The van der Waals surface area contributed by atoms with Gasteiger partial charge in [-0.25, -0.2) is 4.98 Å². The van der Waals surface area contributed by atoms with E-state index in [1.165, 1.54) is 32.1 Å². The minimum Gasteiger partial charge on any atom is -0.395 e. The number of anilines is 2. The Morgan fingerprint density at radius 2 is 2.17 bits per heavy atom. The fourth-order valence-corrected chi connectivity index (χ4v) is 3.51. The Hall–Kier alpha value is -1.29. The van der Waals surface area contributed by atoms with Crippen LogP contribution in [-0.4, -0.2) is 11.5 Å². The maximum atomic E-state index is 6.14. The molecule has 3 nitrogen and oxygen atoms in total. The molecule has 1 aromatic heterocycles. The van der Waals surface area contributed by atoms with Crippen molar-refractivity contribution in [1.82, 2.24) is 4.98 Å². The van der Waals surface area contributed by atoms with E-state index in [1.54, 1.807) is 11.3 Å². The predicted molar refractivity (Wildman–Crippen MR) is 79.1 cm³/mol. The molecule has 0 unspecified atom stereocenters. The van der Waals surface area contributed by atoms with Crippen molar-refractivity contribution in [2.45, 2.75) is 32.1 Å². The molecular formula is C14H19N3S. The van der Waals surface area contributed by atoms with Crippen LogP contribution in [0.25, 0.3) is 10.2 Å². The second-order valence-electron chi connectivity index (χ2n) is 5.09. The lowest BCUT2D eigenvalue weighted by Gasteiger charge is -2.12. The van der Waals surface area contributed by atoms with E-state index in [2.05, 4.69) is 22.4 Å². The summed E-state index contributed by atoms with van der Waals surface area (Å²) in [6.07, 6.45) is 6.90. The first-order chi connectivity index (χ1) is 8.84. The molecule has 2 aromatic rings. The second kappa shape index (κ2) is 5.14. The van der Waals surface area contributed by atoms with Gasteiger partial charge in [-0.2, -0.15) is 0 Å². The number of benzene rings is 1. The molecule has 0 saturated heterocycles. The lowest BCUT2D eigenvalue weighted by Crippen LogP contribution is -2.08. The van der Waals surface area contributed by atoms with Crippen molar-refractivity contribution in [2.24, 2.45) is 5.92 Å². The van der Waals surface area contributed by atoms with Crippen LogP contribution in [0.5, 0.6) is 0 Å². The zero-order valence-electron chi connectivity index (χ0n) is 10.5. The van der Waals surface area contributed by atoms with Crippen LogP contribution in [0.3, 0.4) is 0 Å². The van der Waals surface area contributed by atoms with E-state index in [0.717, 1.165) is 34.1 Å². The van der Waals surface area contributed by atoms with Gasteiger partial charge in [0.2, 0.25) is 0 Å². The number of nitrogens with two attached hydrogens (primary N) is 1. The summed E-state index contributed by atoms with van der Waals surface area (Å²) in [5.41, 5.74) is 10.8. The van der Waals surface area contributed by atoms with Gasteiger partial charge in [-0.3, -0.25) is 0 Å². The SMILES string of the molecule is Nc1c(NCCC2CCCC2)ccc2scnc12. The van der Waals surface area contributed by atoms with Crippen LogP contribution in [0, 0.1) is 5.92 Å². The molecule has 0 aliphatic heterocycles. The van der Waals surface area contributed by atoms with Crippen LogP contribution in [-0.2, 0) is 0 Å². The van der Waals surface area contributed by atoms with Gasteiger partial charge in [0.1, 0.15) is 5.52 Å². The van der Waals surface area contributed by atoms with E-state index in [4.69, 9.17) is 5.73 Å². The van der Waals surface area contributed by atoms with Crippen molar-refractivity contribution >= 4 is 32.9 Å². The van der Waals surface area contributed by atoms with Gasteiger partial charge in [0, 0.05) is 6.54 Å². The maximum absolute atomic E-state index is 6.14. The quantitative estimate of drug-likeness (QED) is 0.821. The summed E-state index contributed by atoms with van der Waals surface area (Å²) in [5, 5.41) is 3.46. The number of nitrogens with one attached hydrogen (secondary N) is 1. The minimum atomic E-state index is 0.792. The van der Waals surface area contributed by atoms with Gasteiger partial charge in [-0.15, -0.1) is 11.3 Å². The third-order valence-corrected chi connectivity index (χ3v) is 4.68. The molecule has 0 amide bonds. The number of thiazole rings is 1. The molecule has 1 aromatic carbocycles. The summed E-state index contributed by atoms with van der Waals surface area (Å²) in [6.45, 7) is 1.02. The van der Waals surface area contributed by atoms with E-state index in [1.807, 2.05) is 5.51 Å². The van der Waals surface area contributed by atoms with Crippen molar-refractivity contribution < 1.29 is 0 Å². The summed E-state index contributed by atoms with van der Waals surface area (Å²) in [6, 6.07) is 4.17. The number of hydrogen-bond donors (Lipinski definition) is 2. The highest BCUT2D eigenvalue weighted by Crippen LogP contribution is 2.31. The molecule has 4 heteroatoms. The van der Waals surface area contributed by atoms with Gasteiger partial charge < -0.3 is 11.1 Å². The Labute approximate surface area is 111 Å². The van der Waals surface area contributed by atoms with Gasteiger partial charge in [-0.1, -0.05) is 25.7 Å². The molecule has 3 rings (SSSR count). The smallest absolute Gasteiger partial charge is 0.106 e. The topological polar surface area (TPSA) is 50.9 Å². The molecule has 0 bridgehead atoms. The second-order valence-corrected chi connectivity index (χ2v) is 5.98. The molecule has 18 heavy (non-hydrogen) atoms. The summed E-state index contributed by atoms with van der Waals surface area (Å²) in [4.78, 5) is 4.32. The average molecular weight is 261 g/mol. The van der Waals surface area contributed by atoms with Crippen molar-refractivity contribution in [2.75, 3.05) is 17.6 Å². The highest BCUT2D eigenvalue weighted by Gasteiger charge is 2.14. The molecule has 0 atom stereocenters. The Bertz CT molecular complexity index is 529. The Kier molecular flexibility index (Phi) is 3.37. The van der Waals surface area contributed by atoms with Crippen molar-refractivity contribution in [3.8, 4) is 0 Å². The molecule has 1 fully saturated rings. The van der Waals surface area contributed by atoms with Gasteiger partial charge in [0.05, 0.1) is 21.6 Å². The number of hydrogen-bond acceptors (Lipinski definition) is 4. The standard InChI is InChI=1S/C14H19N3S/c15-13-11(5-6-12-14(13)17-9-18-12)16-8-7-10-3-1-2-4-10/h5-6,9-10,16H,1-4,7-8,15H2. The highest BCUT2D eigenvalue weighted by atomic mass is 32.1. The summed E-state index contributed by atoms with van der Waals surface area (Å²) in [5.74, 6) is 0.918. The molecule has 1 aliphatic rings. The van der Waals surface area contributed by atoms with Gasteiger partial charge in [0.15, 0.2) is 0 Å². The summed E-state index contributed by atoms with van der Waals surface area (Å²) < 4.78 is 1.16. The van der Waals surface area contributed by atoms with Crippen LogP contribution >= 0.6 is 11.3 Å². The van der Waals surface area contributed by atoms with Crippen LogP contribution in [0.15, 0.2) is 17.6 Å². The molecule has 0 spiro atoms. The number of nitrogens with zero attached hydrogens (tertiary/aromatic N) is 1. The number of fused-ring (bicyclic) bond motifs is 1. The number of aromatic nitrogens is 1. The minimum absolute atomic E-state index is 0.792. The van der Waals surface area contributed by atoms with Crippen molar-refractivity contribution in [3.05, 3.63) is 17.6 Å². The Morgan fingerprint density at radius 1 is 1.33 bits per heavy atom. The van der Waals surface area contributed by atoms with Crippen molar-refractivity contribution in [3.63, 3.8) is 0 Å². The zero-order chi connectivity index (χ0) is 12.4. The molecule has 3 N–H and O–H groups in total. The lowest BCUT2D eigenvalue weighted by atomic mass is 10.0. The fourth-order valence-electron chi connectivity index (χ4n) is 2.82. The van der Waals surface area contributed by atoms with E-state index in [-0.39, 0.29) is 0 Å². The third-order valence-electron chi connectivity index (χ3n) is 3.88. The first-order valence-electron chi connectivity index (χ1n) is 6.70. The molecule has 1 heterocycles. The highest BCUT2D eigenvalue weighted by molar-refractivity contribution is 7.16. The van der Waals surface area contributed by atoms with Crippen LogP contribution < -0.4 is 11.1 Å². The Balaban J connectivity index is 1.64. The largest absolute Gasteiger partial charge is 0.395 e. The third kappa shape index (κ3) is 2.29. The summed E-state index contributed by atoms with van der Waals surface area (Å²) >= 11 is 1.64. The average Bonchev–Trinajstić information content (AvgIpc) is 3.02. The zero-order valence-corrected chi connectivity index (χ0v) is 11.3. The predicted octanol–water partition coefficient (Wildman–Crippen LogP) is 3.87. The fraction of sp³-hybridized carbons (Fsp3) is 0.500. The maximum Gasteiger partial charge on any atom is 0.106 e. The molecule has 1 saturated carbocycles. The van der Waals surface area contributed by atoms with Crippen LogP contribution in [0.4, 0.5) is 11.4 Å². The Morgan fingerprint density at radius 3 is 3.00 bits per heavy atom. The van der Waals surface area contributed by atoms with Crippen LogP contribution in [0.1, 0.15) is 32.1 Å². The molecular weight excluding hydrogens is 242 g/mol. The molecule has 96 valence electrons. The van der Waals surface area contributed by atoms with E-state index in [9.17, 15) is 0 Å². The first kappa shape index (κ1) is 11.8. The van der Waals surface area contributed by atoms with E-state index < -0.39 is 0 Å². The molecule has 0 radical (unpaired) electrons. The van der Waals surface area contributed by atoms with E-state index >= 15 is 0 Å². The monoisotopic (exact) mass is 261 g/mol. The van der Waals surface area contributed by atoms with E-state index in [0.29, 0.717) is 0 Å². The number of nitrogen functional groups attached to an aromatic ring is 1. The van der Waals surface area contributed by atoms with Gasteiger partial charge in [0.25, 0.3) is 0 Å². The van der Waals surface area contributed by atoms with Crippen molar-refractivity contribution in [1.29, 1.82) is 0 Å². The number of rotatable bonds is 4. The normalized spacial score (nSPS) is 16.4. The van der Waals surface area contributed by atoms with Crippen LogP contribution in [0.2, 0.25) is 0 Å². The lowest BCUT2D eigenvalue weighted by molar-refractivity contribution is 0.519.